The number of anilines is 1. The van der Waals surface area contributed by atoms with E-state index in [1.807, 2.05) is 6.92 Å². The molecular weight excluding hydrogens is 392 g/mol. The lowest BCUT2D eigenvalue weighted by Gasteiger charge is -2.31. The third-order valence-corrected chi connectivity index (χ3v) is 6.57. The van der Waals surface area contributed by atoms with Gasteiger partial charge in [0.1, 0.15) is 15.3 Å². The van der Waals surface area contributed by atoms with Gasteiger partial charge in [-0.1, -0.05) is 0 Å². The summed E-state index contributed by atoms with van der Waals surface area (Å²) in [6, 6.07) is 0. The Morgan fingerprint density at radius 1 is 1.17 bits per heavy atom. The third kappa shape index (κ3) is 3.08. The van der Waals surface area contributed by atoms with Crippen molar-refractivity contribution in [1.82, 2.24) is 15.0 Å². The quantitative estimate of drug-likeness (QED) is 0.696. The first-order chi connectivity index (χ1) is 14.2. The summed E-state index contributed by atoms with van der Waals surface area (Å²) >= 11 is 1.49. The third-order valence-electron chi connectivity index (χ3n) is 5.51. The Morgan fingerprint density at radius 2 is 1.93 bits per heavy atom. The topological polar surface area (TPSA) is 97.7 Å². The van der Waals surface area contributed by atoms with E-state index >= 15 is 0 Å². The van der Waals surface area contributed by atoms with Crippen molar-refractivity contribution in [3.8, 4) is 5.88 Å². The molecule has 0 atom stereocenters. The standard InChI is InChI=1S/C20H22N4O4S/c1-2-28-18-15-14(21-16(22-18)20(25)26)13-11-5-3-4-6-12(11)17(23-19(13)29-15)24-7-9-27-10-8-24/h2-10H2,1H3,(H,25,26). The molecule has 9 heteroatoms. The first-order valence-corrected chi connectivity index (χ1v) is 10.8. The molecule has 1 aliphatic heterocycles. The number of fused-ring (bicyclic) bond motifs is 5. The minimum Gasteiger partial charge on any atom is -0.477 e. The molecule has 1 aliphatic carbocycles. The van der Waals surface area contributed by atoms with Crippen molar-refractivity contribution in [2.75, 3.05) is 37.8 Å². The van der Waals surface area contributed by atoms with E-state index in [9.17, 15) is 9.90 Å². The molecule has 0 saturated carbocycles. The Kier molecular flexibility index (Phi) is 4.71. The van der Waals surface area contributed by atoms with Gasteiger partial charge in [0.2, 0.25) is 11.7 Å². The molecule has 1 saturated heterocycles. The first-order valence-electron chi connectivity index (χ1n) is 10.0. The predicted molar refractivity (Wildman–Crippen MR) is 111 cm³/mol. The molecule has 0 aromatic carbocycles. The number of aromatic nitrogens is 3. The van der Waals surface area contributed by atoms with Crippen LogP contribution in [0.15, 0.2) is 0 Å². The number of carbonyl (C=O) groups is 1. The Labute approximate surface area is 171 Å². The minimum atomic E-state index is -1.15. The van der Waals surface area contributed by atoms with Crippen LogP contribution in [-0.4, -0.2) is 58.9 Å². The average molecular weight is 414 g/mol. The summed E-state index contributed by atoms with van der Waals surface area (Å²) in [5.41, 5.74) is 3.19. The molecular formula is C20H22N4O4S. The highest BCUT2D eigenvalue weighted by atomic mass is 32.1. The van der Waals surface area contributed by atoms with Crippen LogP contribution in [-0.2, 0) is 17.6 Å². The van der Waals surface area contributed by atoms with Crippen LogP contribution >= 0.6 is 11.3 Å². The number of hydrogen-bond acceptors (Lipinski definition) is 8. The monoisotopic (exact) mass is 414 g/mol. The van der Waals surface area contributed by atoms with Crippen molar-refractivity contribution >= 4 is 43.6 Å². The summed E-state index contributed by atoms with van der Waals surface area (Å²) in [7, 11) is 0. The molecule has 29 heavy (non-hydrogen) atoms. The van der Waals surface area contributed by atoms with E-state index in [1.165, 1.54) is 22.5 Å². The Balaban J connectivity index is 1.81. The Morgan fingerprint density at radius 3 is 2.66 bits per heavy atom. The molecule has 5 rings (SSSR count). The van der Waals surface area contributed by atoms with E-state index in [1.54, 1.807) is 0 Å². The van der Waals surface area contributed by atoms with Crippen LogP contribution in [0.25, 0.3) is 20.4 Å². The number of pyridine rings is 1. The molecule has 3 aromatic rings. The van der Waals surface area contributed by atoms with Crippen LogP contribution in [0.1, 0.15) is 41.5 Å². The van der Waals surface area contributed by atoms with E-state index in [4.69, 9.17) is 14.5 Å². The summed E-state index contributed by atoms with van der Waals surface area (Å²) in [4.78, 5) is 28.4. The lowest BCUT2D eigenvalue weighted by molar-refractivity contribution is 0.0682. The molecule has 3 aromatic heterocycles. The van der Waals surface area contributed by atoms with E-state index in [0.717, 1.165) is 59.5 Å². The van der Waals surface area contributed by atoms with Crippen molar-refractivity contribution in [1.29, 1.82) is 0 Å². The van der Waals surface area contributed by atoms with Gasteiger partial charge < -0.3 is 19.5 Å². The van der Waals surface area contributed by atoms with Gasteiger partial charge in [-0.05, 0) is 43.7 Å². The largest absolute Gasteiger partial charge is 0.477 e. The maximum Gasteiger partial charge on any atom is 0.374 e. The zero-order valence-corrected chi connectivity index (χ0v) is 17.0. The van der Waals surface area contributed by atoms with Crippen LogP contribution in [0.2, 0.25) is 0 Å². The van der Waals surface area contributed by atoms with Crippen LogP contribution in [0.5, 0.6) is 5.88 Å². The number of carboxylic acid groups (broad SMARTS) is 1. The molecule has 4 heterocycles. The van der Waals surface area contributed by atoms with Crippen molar-refractivity contribution < 1.29 is 19.4 Å². The van der Waals surface area contributed by atoms with Gasteiger partial charge in [-0.15, -0.1) is 11.3 Å². The van der Waals surface area contributed by atoms with Gasteiger partial charge >= 0.3 is 5.97 Å². The summed E-state index contributed by atoms with van der Waals surface area (Å²) in [6.07, 6.45) is 4.19. The second kappa shape index (κ2) is 7.38. The van der Waals surface area contributed by atoms with Gasteiger partial charge in [0.25, 0.3) is 0 Å². The number of thiophene rings is 1. The van der Waals surface area contributed by atoms with Crippen LogP contribution in [0.3, 0.4) is 0 Å². The smallest absolute Gasteiger partial charge is 0.374 e. The minimum absolute atomic E-state index is 0.234. The number of nitrogens with zero attached hydrogens (tertiary/aromatic N) is 4. The highest BCUT2D eigenvalue weighted by molar-refractivity contribution is 7.25. The zero-order valence-electron chi connectivity index (χ0n) is 16.2. The number of aryl methyl sites for hydroxylation is 1. The predicted octanol–water partition coefficient (Wildman–Crippen LogP) is 3.05. The highest BCUT2D eigenvalue weighted by Crippen LogP contribution is 2.43. The zero-order chi connectivity index (χ0) is 20.0. The average Bonchev–Trinajstić information content (AvgIpc) is 3.13. The number of ether oxygens (including phenoxy) is 2. The molecule has 0 bridgehead atoms. The molecule has 2 aliphatic rings. The summed E-state index contributed by atoms with van der Waals surface area (Å²) in [5, 5.41) is 10.5. The van der Waals surface area contributed by atoms with Crippen molar-refractivity contribution in [2.45, 2.75) is 32.6 Å². The summed E-state index contributed by atoms with van der Waals surface area (Å²) in [5.74, 6) is -0.0109. The normalized spacial score (nSPS) is 16.9. The van der Waals surface area contributed by atoms with Crippen molar-refractivity contribution in [3.63, 3.8) is 0 Å². The lowest BCUT2D eigenvalue weighted by atomic mass is 9.90. The van der Waals surface area contributed by atoms with E-state index in [0.29, 0.717) is 31.2 Å². The van der Waals surface area contributed by atoms with Gasteiger partial charge in [-0.2, -0.15) is 4.98 Å². The van der Waals surface area contributed by atoms with Crippen LogP contribution < -0.4 is 9.64 Å². The van der Waals surface area contributed by atoms with Crippen molar-refractivity contribution in [3.05, 3.63) is 17.0 Å². The number of carboxylic acids is 1. The second-order valence-electron chi connectivity index (χ2n) is 7.25. The van der Waals surface area contributed by atoms with E-state index in [2.05, 4.69) is 14.9 Å². The fraction of sp³-hybridized carbons (Fsp3) is 0.500. The van der Waals surface area contributed by atoms with Crippen LogP contribution in [0, 0.1) is 0 Å². The van der Waals surface area contributed by atoms with E-state index in [-0.39, 0.29) is 5.82 Å². The molecule has 0 spiro atoms. The number of hydrogen-bond donors (Lipinski definition) is 1. The Bertz CT molecular complexity index is 1110. The fourth-order valence-electron chi connectivity index (χ4n) is 4.25. The maximum atomic E-state index is 11.6. The van der Waals surface area contributed by atoms with Gasteiger partial charge in [0.05, 0.1) is 25.3 Å². The first kappa shape index (κ1) is 18.5. The number of aromatic carboxylic acids is 1. The second-order valence-corrected chi connectivity index (χ2v) is 8.25. The molecule has 0 amide bonds. The molecule has 1 N–H and O–H groups in total. The fourth-order valence-corrected chi connectivity index (χ4v) is 5.33. The van der Waals surface area contributed by atoms with Gasteiger partial charge in [0.15, 0.2) is 0 Å². The maximum absolute atomic E-state index is 11.6. The van der Waals surface area contributed by atoms with Gasteiger partial charge in [-0.3, -0.25) is 0 Å². The van der Waals surface area contributed by atoms with Gasteiger partial charge in [0, 0.05) is 18.5 Å². The van der Waals surface area contributed by atoms with Crippen LogP contribution in [0.4, 0.5) is 5.82 Å². The molecule has 8 nitrogen and oxygen atoms in total. The summed E-state index contributed by atoms with van der Waals surface area (Å²) in [6.45, 7) is 5.36. The van der Waals surface area contributed by atoms with Gasteiger partial charge in [-0.25, -0.2) is 14.8 Å². The lowest BCUT2D eigenvalue weighted by Crippen LogP contribution is -2.37. The SMILES string of the molecule is CCOc1nc(C(=O)O)nc2c1sc1nc(N3CCOCC3)c3c(c12)CCCC3. The molecule has 152 valence electrons. The highest BCUT2D eigenvalue weighted by Gasteiger charge is 2.27. The molecule has 0 radical (unpaired) electrons. The Hall–Kier alpha value is -2.52. The molecule has 0 unspecified atom stereocenters. The summed E-state index contributed by atoms with van der Waals surface area (Å²) < 4.78 is 12.0. The van der Waals surface area contributed by atoms with E-state index < -0.39 is 5.97 Å². The molecule has 1 fully saturated rings. The number of morpholine rings is 1. The van der Waals surface area contributed by atoms with Crippen molar-refractivity contribution in [2.24, 2.45) is 0 Å². The number of rotatable bonds is 4.